The molecule has 0 aliphatic heterocycles. The summed E-state index contributed by atoms with van der Waals surface area (Å²) in [5.74, 6) is 0. The lowest BCUT2D eigenvalue weighted by molar-refractivity contribution is 0.508. The van der Waals surface area contributed by atoms with Crippen molar-refractivity contribution in [1.82, 2.24) is 14.3 Å². The molecule has 96 valence electrons. The maximum atomic E-state index is 12.0. The van der Waals surface area contributed by atoms with Crippen LogP contribution in [0.4, 0.5) is 0 Å². The maximum absolute atomic E-state index is 12.0. The van der Waals surface area contributed by atoms with Gasteiger partial charge in [0.1, 0.15) is 0 Å². The fourth-order valence-corrected chi connectivity index (χ4v) is 3.49. The highest BCUT2D eigenvalue weighted by molar-refractivity contribution is 7.89. The molecule has 1 aliphatic rings. The van der Waals surface area contributed by atoms with Crippen LogP contribution in [0.15, 0.2) is 17.6 Å². The number of hydrogen-bond donors (Lipinski definition) is 1. The largest absolute Gasteiger partial charge is 0.339 e. The van der Waals surface area contributed by atoms with Crippen molar-refractivity contribution in [3.63, 3.8) is 0 Å². The van der Waals surface area contributed by atoms with E-state index >= 15 is 0 Å². The number of nitrogens with one attached hydrogen (secondary N) is 1. The van der Waals surface area contributed by atoms with E-state index in [1.165, 1.54) is 25.4 Å². The number of imidazole rings is 1. The van der Waals surface area contributed by atoms with Crippen molar-refractivity contribution in [2.75, 3.05) is 0 Å². The molecule has 1 N–H and O–H groups in total. The molecule has 0 bridgehead atoms. The third-order valence-electron chi connectivity index (χ3n) is 3.13. The second-order valence-electron chi connectivity index (χ2n) is 4.69. The lowest BCUT2D eigenvalue weighted by atomic mass is 10.1. The monoisotopic (exact) mass is 257 g/mol. The van der Waals surface area contributed by atoms with E-state index in [1.807, 2.05) is 0 Å². The van der Waals surface area contributed by atoms with Crippen LogP contribution in [0.2, 0.25) is 0 Å². The fraction of sp³-hybridized carbons (Fsp3) is 0.727. The zero-order valence-electron chi connectivity index (χ0n) is 10.1. The molecule has 6 heteroatoms. The molecular formula is C11H19N3O2S. The maximum Gasteiger partial charge on any atom is 0.259 e. The number of sulfonamides is 1. The Balaban J connectivity index is 2.06. The Morgan fingerprint density at radius 1 is 1.29 bits per heavy atom. The molecule has 0 amide bonds. The van der Waals surface area contributed by atoms with Gasteiger partial charge in [-0.25, -0.2) is 18.1 Å². The summed E-state index contributed by atoms with van der Waals surface area (Å²) in [5, 5.41) is 0.115. The van der Waals surface area contributed by atoms with E-state index in [4.69, 9.17) is 0 Å². The van der Waals surface area contributed by atoms with Gasteiger partial charge in [0.15, 0.2) is 5.03 Å². The van der Waals surface area contributed by atoms with Gasteiger partial charge in [-0.2, -0.15) is 0 Å². The highest BCUT2D eigenvalue weighted by Crippen LogP contribution is 2.19. The molecule has 0 spiro atoms. The van der Waals surface area contributed by atoms with E-state index in [0.717, 1.165) is 25.7 Å². The summed E-state index contributed by atoms with van der Waals surface area (Å²) in [7, 11) is -1.68. The minimum Gasteiger partial charge on any atom is -0.339 e. The van der Waals surface area contributed by atoms with Crippen molar-refractivity contribution in [1.29, 1.82) is 0 Å². The van der Waals surface area contributed by atoms with Crippen molar-refractivity contribution >= 4 is 10.0 Å². The topological polar surface area (TPSA) is 64.0 Å². The second kappa shape index (κ2) is 5.18. The Morgan fingerprint density at radius 2 is 1.94 bits per heavy atom. The van der Waals surface area contributed by atoms with Gasteiger partial charge in [0, 0.05) is 19.3 Å². The van der Waals surface area contributed by atoms with Crippen molar-refractivity contribution in [2.45, 2.75) is 49.6 Å². The smallest absolute Gasteiger partial charge is 0.259 e. The Kier molecular flexibility index (Phi) is 3.83. The first-order valence-electron chi connectivity index (χ1n) is 6.08. The van der Waals surface area contributed by atoms with Gasteiger partial charge in [0.05, 0.1) is 6.33 Å². The van der Waals surface area contributed by atoms with Gasteiger partial charge in [-0.1, -0.05) is 25.7 Å². The molecule has 0 radical (unpaired) electrons. The zero-order chi connectivity index (χ0) is 12.3. The van der Waals surface area contributed by atoms with E-state index in [-0.39, 0.29) is 11.1 Å². The molecule has 1 heterocycles. The van der Waals surface area contributed by atoms with Crippen molar-refractivity contribution in [3.05, 3.63) is 12.5 Å². The molecule has 0 saturated heterocycles. The molecule has 1 aromatic heterocycles. The molecule has 0 unspecified atom stereocenters. The first-order chi connectivity index (χ1) is 8.08. The lowest BCUT2D eigenvalue weighted by Gasteiger charge is -2.14. The third-order valence-corrected chi connectivity index (χ3v) is 4.54. The van der Waals surface area contributed by atoms with E-state index in [9.17, 15) is 8.42 Å². The highest BCUT2D eigenvalue weighted by atomic mass is 32.2. The molecule has 1 aromatic rings. The molecule has 17 heavy (non-hydrogen) atoms. The summed E-state index contributed by atoms with van der Waals surface area (Å²) in [6.45, 7) is 0. The van der Waals surface area contributed by atoms with Crippen LogP contribution >= 0.6 is 0 Å². The molecule has 1 fully saturated rings. The van der Waals surface area contributed by atoms with E-state index in [2.05, 4.69) is 9.71 Å². The van der Waals surface area contributed by atoms with Crippen LogP contribution in [0.25, 0.3) is 0 Å². The molecule has 1 saturated carbocycles. The van der Waals surface area contributed by atoms with Crippen LogP contribution < -0.4 is 4.72 Å². The van der Waals surface area contributed by atoms with Gasteiger partial charge >= 0.3 is 0 Å². The Hall–Kier alpha value is -0.880. The van der Waals surface area contributed by atoms with Crippen LogP contribution in [0.1, 0.15) is 38.5 Å². The summed E-state index contributed by atoms with van der Waals surface area (Å²) in [6.07, 6.45) is 9.53. The fourth-order valence-electron chi connectivity index (χ4n) is 2.20. The van der Waals surface area contributed by atoms with Crippen molar-refractivity contribution in [2.24, 2.45) is 7.05 Å². The summed E-state index contributed by atoms with van der Waals surface area (Å²) in [5.41, 5.74) is 0. The Labute approximate surface area is 102 Å². The normalized spacial score (nSPS) is 19.1. The average molecular weight is 257 g/mol. The summed E-state index contributed by atoms with van der Waals surface area (Å²) < 4.78 is 28.5. The second-order valence-corrected chi connectivity index (χ2v) is 6.35. The predicted octanol–water partition coefficient (Wildman–Crippen LogP) is 1.42. The highest BCUT2D eigenvalue weighted by Gasteiger charge is 2.22. The number of nitrogens with zero attached hydrogens (tertiary/aromatic N) is 2. The number of aryl methyl sites for hydroxylation is 1. The van der Waals surface area contributed by atoms with Crippen LogP contribution in [0, 0.1) is 0 Å². The molecule has 0 atom stereocenters. The van der Waals surface area contributed by atoms with Gasteiger partial charge in [0.2, 0.25) is 0 Å². The number of aromatic nitrogens is 2. The van der Waals surface area contributed by atoms with Crippen molar-refractivity contribution < 1.29 is 8.42 Å². The summed E-state index contributed by atoms with van der Waals surface area (Å²) >= 11 is 0. The minimum absolute atomic E-state index is 0.0736. The Morgan fingerprint density at radius 3 is 2.47 bits per heavy atom. The molecule has 0 aromatic carbocycles. The number of rotatable bonds is 3. The molecular weight excluding hydrogens is 238 g/mol. The van der Waals surface area contributed by atoms with E-state index in [1.54, 1.807) is 11.6 Å². The van der Waals surface area contributed by atoms with Gasteiger partial charge < -0.3 is 4.57 Å². The van der Waals surface area contributed by atoms with E-state index in [0.29, 0.717) is 0 Å². The van der Waals surface area contributed by atoms with Gasteiger partial charge in [-0.05, 0) is 12.8 Å². The van der Waals surface area contributed by atoms with Crippen LogP contribution in [-0.4, -0.2) is 24.0 Å². The van der Waals surface area contributed by atoms with Gasteiger partial charge in [0.25, 0.3) is 10.0 Å². The quantitative estimate of drug-likeness (QED) is 0.833. The van der Waals surface area contributed by atoms with Gasteiger partial charge in [-0.3, -0.25) is 0 Å². The SMILES string of the molecule is Cn1cnc(S(=O)(=O)NC2CCCCCC2)c1. The first kappa shape index (κ1) is 12.6. The molecule has 5 nitrogen and oxygen atoms in total. The van der Waals surface area contributed by atoms with E-state index < -0.39 is 10.0 Å². The summed E-state index contributed by atoms with van der Waals surface area (Å²) in [6, 6.07) is 0.0736. The lowest BCUT2D eigenvalue weighted by Crippen LogP contribution is -2.34. The van der Waals surface area contributed by atoms with Crippen molar-refractivity contribution in [3.8, 4) is 0 Å². The molecule has 2 rings (SSSR count). The van der Waals surface area contributed by atoms with Crippen LogP contribution in [0.3, 0.4) is 0 Å². The van der Waals surface area contributed by atoms with Crippen LogP contribution in [-0.2, 0) is 17.1 Å². The zero-order valence-corrected chi connectivity index (χ0v) is 10.9. The Bertz CT molecular complexity index is 459. The minimum atomic E-state index is -3.44. The number of hydrogen-bond acceptors (Lipinski definition) is 3. The third kappa shape index (κ3) is 3.29. The predicted molar refractivity (Wildman–Crippen MR) is 65.0 cm³/mol. The molecule has 1 aliphatic carbocycles. The van der Waals surface area contributed by atoms with Gasteiger partial charge in [-0.15, -0.1) is 0 Å². The standard InChI is InChI=1S/C11H19N3O2S/c1-14-8-11(12-9-14)17(15,16)13-10-6-4-2-3-5-7-10/h8-10,13H,2-7H2,1H3. The first-order valence-corrected chi connectivity index (χ1v) is 7.56. The summed E-state index contributed by atoms with van der Waals surface area (Å²) in [4.78, 5) is 3.89. The average Bonchev–Trinajstić information content (AvgIpc) is 2.55. The van der Waals surface area contributed by atoms with Crippen LogP contribution in [0.5, 0.6) is 0 Å².